The predicted molar refractivity (Wildman–Crippen MR) is 88.7 cm³/mol. The van der Waals surface area contributed by atoms with E-state index < -0.39 is 0 Å². The number of nitrogens with one attached hydrogen (secondary N) is 1. The SMILES string of the molecule is CCCC(=O)Nc1ccc(-c2nc(-c3ccccc3)no2)cc1. The van der Waals surface area contributed by atoms with Gasteiger partial charge in [0.2, 0.25) is 11.7 Å². The Morgan fingerprint density at radius 1 is 1.04 bits per heavy atom. The van der Waals surface area contributed by atoms with Gasteiger partial charge in [0.15, 0.2) is 0 Å². The molecule has 0 fully saturated rings. The summed E-state index contributed by atoms with van der Waals surface area (Å²) in [6.07, 6.45) is 1.35. The Bertz CT molecular complexity index is 780. The molecule has 1 amide bonds. The molecule has 1 heterocycles. The largest absolute Gasteiger partial charge is 0.334 e. The number of carbonyl (C=O) groups is 1. The smallest absolute Gasteiger partial charge is 0.258 e. The maximum atomic E-state index is 11.6. The van der Waals surface area contributed by atoms with Gasteiger partial charge in [0.05, 0.1) is 0 Å². The van der Waals surface area contributed by atoms with Crippen molar-refractivity contribution in [1.82, 2.24) is 10.1 Å². The fourth-order valence-corrected chi connectivity index (χ4v) is 2.19. The van der Waals surface area contributed by atoms with Crippen LogP contribution < -0.4 is 5.32 Å². The molecule has 5 heteroatoms. The first-order valence-electron chi connectivity index (χ1n) is 7.55. The van der Waals surface area contributed by atoms with Gasteiger partial charge in [-0.05, 0) is 30.7 Å². The molecule has 116 valence electrons. The molecule has 5 nitrogen and oxygen atoms in total. The summed E-state index contributed by atoms with van der Waals surface area (Å²) in [7, 11) is 0. The highest BCUT2D eigenvalue weighted by Crippen LogP contribution is 2.23. The van der Waals surface area contributed by atoms with Gasteiger partial charge < -0.3 is 9.84 Å². The Balaban J connectivity index is 1.75. The third kappa shape index (κ3) is 3.63. The second-order valence-corrected chi connectivity index (χ2v) is 5.16. The number of carbonyl (C=O) groups excluding carboxylic acids is 1. The van der Waals surface area contributed by atoms with Gasteiger partial charge in [-0.25, -0.2) is 0 Å². The zero-order valence-corrected chi connectivity index (χ0v) is 12.8. The number of rotatable bonds is 5. The van der Waals surface area contributed by atoms with Gasteiger partial charge in [-0.1, -0.05) is 42.4 Å². The van der Waals surface area contributed by atoms with Crippen molar-refractivity contribution in [1.29, 1.82) is 0 Å². The van der Waals surface area contributed by atoms with Crippen molar-refractivity contribution in [3.63, 3.8) is 0 Å². The summed E-state index contributed by atoms with van der Waals surface area (Å²) in [5, 5.41) is 6.85. The Kier molecular flexibility index (Phi) is 4.47. The standard InChI is InChI=1S/C18H17N3O2/c1-2-6-16(22)19-15-11-9-14(10-12-15)18-20-17(21-23-18)13-7-4-3-5-8-13/h3-5,7-12H,2,6H2,1H3,(H,19,22). The predicted octanol–water partition coefficient (Wildman–Crippen LogP) is 4.14. The van der Waals surface area contributed by atoms with E-state index in [0.717, 1.165) is 23.2 Å². The summed E-state index contributed by atoms with van der Waals surface area (Å²) in [6.45, 7) is 1.97. The lowest BCUT2D eigenvalue weighted by Gasteiger charge is -2.04. The average Bonchev–Trinajstić information content (AvgIpc) is 3.07. The van der Waals surface area contributed by atoms with E-state index in [1.54, 1.807) is 0 Å². The van der Waals surface area contributed by atoms with Crippen molar-refractivity contribution >= 4 is 11.6 Å². The minimum atomic E-state index is 0.0180. The van der Waals surface area contributed by atoms with Crippen LogP contribution in [-0.4, -0.2) is 16.0 Å². The summed E-state index contributed by atoms with van der Waals surface area (Å²) in [5.74, 6) is 1.03. The van der Waals surface area contributed by atoms with Crippen LogP contribution in [0.25, 0.3) is 22.8 Å². The lowest BCUT2D eigenvalue weighted by molar-refractivity contribution is -0.116. The van der Waals surface area contributed by atoms with Crippen molar-refractivity contribution in [2.24, 2.45) is 0 Å². The van der Waals surface area contributed by atoms with Gasteiger partial charge in [-0.15, -0.1) is 0 Å². The van der Waals surface area contributed by atoms with Gasteiger partial charge in [0.1, 0.15) is 0 Å². The van der Waals surface area contributed by atoms with Crippen molar-refractivity contribution in [3.8, 4) is 22.8 Å². The fraction of sp³-hybridized carbons (Fsp3) is 0.167. The molecule has 23 heavy (non-hydrogen) atoms. The third-order valence-electron chi connectivity index (χ3n) is 3.35. The highest BCUT2D eigenvalue weighted by molar-refractivity contribution is 5.90. The van der Waals surface area contributed by atoms with Crippen LogP contribution in [0, 0.1) is 0 Å². The van der Waals surface area contributed by atoms with Crippen LogP contribution in [0.2, 0.25) is 0 Å². The molecule has 0 spiro atoms. The van der Waals surface area contributed by atoms with E-state index in [2.05, 4.69) is 15.5 Å². The molecule has 0 bridgehead atoms. The second kappa shape index (κ2) is 6.87. The van der Waals surface area contributed by atoms with Crippen molar-refractivity contribution in [2.75, 3.05) is 5.32 Å². The molecule has 0 saturated heterocycles. The molecule has 2 aromatic carbocycles. The number of anilines is 1. The van der Waals surface area contributed by atoms with Gasteiger partial charge >= 0.3 is 0 Å². The molecular weight excluding hydrogens is 290 g/mol. The molecule has 0 aliphatic heterocycles. The van der Waals surface area contributed by atoms with Crippen molar-refractivity contribution in [3.05, 3.63) is 54.6 Å². The first-order valence-corrected chi connectivity index (χ1v) is 7.55. The molecular formula is C18H17N3O2. The molecule has 0 aliphatic carbocycles. The zero-order valence-electron chi connectivity index (χ0n) is 12.8. The summed E-state index contributed by atoms with van der Waals surface area (Å²) in [4.78, 5) is 16.0. The number of hydrogen-bond acceptors (Lipinski definition) is 4. The first-order chi connectivity index (χ1) is 11.3. The Hall–Kier alpha value is -2.95. The van der Waals surface area contributed by atoms with E-state index in [-0.39, 0.29) is 5.91 Å². The van der Waals surface area contributed by atoms with Gasteiger partial charge in [0, 0.05) is 23.2 Å². The minimum Gasteiger partial charge on any atom is -0.334 e. The molecule has 0 aliphatic rings. The molecule has 0 saturated carbocycles. The monoisotopic (exact) mass is 307 g/mol. The topological polar surface area (TPSA) is 68.0 Å². The summed E-state index contributed by atoms with van der Waals surface area (Å²) in [5.41, 5.74) is 2.48. The third-order valence-corrected chi connectivity index (χ3v) is 3.35. The molecule has 3 rings (SSSR count). The van der Waals surface area contributed by atoms with E-state index in [1.165, 1.54) is 0 Å². The summed E-state index contributed by atoms with van der Waals surface area (Å²) < 4.78 is 5.32. The summed E-state index contributed by atoms with van der Waals surface area (Å²) in [6, 6.07) is 17.0. The van der Waals surface area contributed by atoms with E-state index in [1.807, 2.05) is 61.5 Å². The van der Waals surface area contributed by atoms with Crippen molar-refractivity contribution < 1.29 is 9.32 Å². The Morgan fingerprint density at radius 2 is 1.78 bits per heavy atom. The van der Waals surface area contributed by atoms with Gasteiger partial charge in [0.25, 0.3) is 5.89 Å². The number of nitrogens with zero attached hydrogens (tertiary/aromatic N) is 2. The first kappa shape index (κ1) is 15.0. The molecule has 0 atom stereocenters. The second-order valence-electron chi connectivity index (χ2n) is 5.16. The van der Waals surface area contributed by atoms with E-state index in [9.17, 15) is 4.79 Å². The molecule has 0 unspecified atom stereocenters. The normalized spacial score (nSPS) is 10.5. The van der Waals surface area contributed by atoms with Crippen LogP contribution in [0.3, 0.4) is 0 Å². The summed E-state index contributed by atoms with van der Waals surface area (Å²) >= 11 is 0. The minimum absolute atomic E-state index is 0.0180. The van der Waals surface area contributed by atoms with Gasteiger partial charge in [-0.3, -0.25) is 4.79 Å². The number of hydrogen-bond donors (Lipinski definition) is 1. The molecule has 1 N–H and O–H groups in total. The van der Waals surface area contributed by atoms with Crippen LogP contribution in [0.1, 0.15) is 19.8 Å². The number of aromatic nitrogens is 2. The van der Waals surface area contributed by atoms with Gasteiger partial charge in [-0.2, -0.15) is 4.98 Å². The molecule has 3 aromatic rings. The highest BCUT2D eigenvalue weighted by atomic mass is 16.5. The fourth-order valence-electron chi connectivity index (χ4n) is 2.19. The average molecular weight is 307 g/mol. The zero-order chi connectivity index (χ0) is 16.1. The quantitative estimate of drug-likeness (QED) is 0.769. The number of amides is 1. The van der Waals surface area contributed by atoms with Crippen LogP contribution in [0.4, 0.5) is 5.69 Å². The Labute approximate surface area is 134 Å². The van der Waals surface area contributed by atoms with Crippen molar-refractivity contribution in [2.45, 2.75) is 19.8 Å². The van der Waals surface area contributed by atoms with E-state index >= 15 is 0 Å². The van der Waals surface area contributed by atoms with Crippen LogP contribution in [-0.2, 0) is 4.79 Å². The molecule has 0 radical (unpaired) electrons. The maximum Gasteiger partial charge on any atom is 0.258 e. The lowest BCUT2D eigenvalue weighted by Crippen LogP contribution is -2.10. The molecule has 1 aromatic heterocycles. The van der Waals surface area contributed by atoms with Crippen LogP contribution >= 0.6 is 0 Å². The Morgan fingerprint density at radius 3 is 2.48 bits per heavy atom. The van der Waals surface area contributed by atoms with E-state index in [4.69, 9.17) is 4.52 Å². The number of benzene rings is 2. The maximum absolute atomic E-state index is 11.6. The lowest BCUT2D eigenvalue weighted by atomic mass is 10.2. The van der Waals surface area contributed by atoms with Crippen LogP contribution in [0.5, 0.6) is 0 Å². The van der Waals surface area contributed by atoms with Crippen LogP contribution in [0.15, 0.2) is 59.1 Å². The van der Waals surface area contributed by atoms with E-state index in [0.29, 0.717) is 18.1 Å². The highest BCUT2D eigenvalue weighted by Gasteiger charge is 2.10.